The molecule has 4 N–H and O–H groups in total. The molecule has 19 heavy (non-hydrogen) atoms. The zero-order valence-electron chi connectivity index (χ0n) is 9.69. The molecular formula is C10H13ClN2O6. The molecule has 0 saturated carbocycles. The van der Waals surface area contributed by atoms with Crippen molar-refractivity contribution in [3.63, 3.8) is 0 Å². The van der Waals surface area contributed by atoms with Crippen molar-refractivity contribution in [1.82, 2.24) is 9.55 Å². The van der Waals surface area contributed by atoms with Gasteiger partial charge in [0.2, 0.25) is 0 Å². The van der Waals surface area contributed by atoms with Crippen LogP contribution < -0.4 is 11.2 Å². The highest BCUT2D eigenvalue weighted by Gasteiger charge is 2.54. The van der Waals surface area contributed by atoms with Gasteiger partial charge in [0.15, 0.2) is 6.23 Å². The van der Waals surface area contributed by atoms with Crippen LogP contribution in [0.5, 0.6) is 0 Å². The van der Waals surface area contributed by atoms with Crippen molar-refractivity contribution in [3.8, 4) is 0 Å². The Hall–Kier alpha value is -1.19. The third-order valence-corrected chi connectivity index (χ3v) is 3.58. The summed E-state index contributed by atoms with van der Waals surface area (Å²) >= 11 is 5.64. The maximum absolute atomic E-state index is 11.6. The summed E-state index contributed by atoms with van der Waals surface area (Å²) < 4.78 is 6.25. The molecule has 2 rings (SSSR count). The summed E-state index contributed by atoms with van der Waals surface area (Å²) in [6.07, 6.45) is -3.04. The third kappa shape index (κ3) is 2.21. The van der Waals surface area contributed by atoms with Crippen molar-refractivity contribution in [2.75, 3.05) is 12.5 Å². The lowest BCUT2D eigenvalue weighted by Gasteiger charge is -2.27. The number of aliphatic hydroxyl groups is 3. The molecule has 0 aromatic carbocycles. The van der Waals surface area contributed by atoms with Gasteiger partial charge in [-0.1, -0.05) is 0 Å². The zero-order valence-corrected chi connectivity index (χ0v) is 10.4. The van der Waals surface area contributed by atoms with Gasteiger partial charge in [-0.2, -0.15) is 0 Å². The lowest BCUT2D eigenvalue weighted by molar-refractivity contribution is -0.115. The summed E-state index contributed by atoms with van der Waals surface area (Å²) in [4.78, 5) is 24.6. The monoisotopic (exact) mass is 292 g/mol. The van der Waals surface area contributed by atoms with E-state index >= 15 is 0 Å². The number of H-pyrrole nitrogens is 1. The van der Waals surface area contributed by atoms with Crippen molar-refractivity contribution in [2.45, 2.75) is 24.0 Å². The largest absolute Gasteiger partial charge is 0.393 e. The first kappa shape index (κ1) is 14.2. The van der Waals surface area contributed by atoms with Crippen LogP contribution in [0, 0.1) is 0 Å². The first-order valence-electron chi connectivity index (χ1n) is 5.47. The molecule has 0 spiro atoms. The molecule has 0 radical (unpaired) electrons. The highest BCUT2D eigenvalue weighted by Crippen LogP contribution is 2.36. The predicted octanol–water partition coefficient (Wildman–Crippen LogP) is -2.24. The molecule has 1 aromatic heterocycles. The summed E-state index contributed by atoms with van der Waals surface area (Å²) in [7, 11) is 0. The lowest BCUT2D eigenvalue weighted by Crippen LogP contribution is -2.47. The molecule has 9 heteroatoms. The van der Waals surface area contributed by atoms with Gasteiger partial charge in [-0.05, 0) is 0 Å². The van der Waals surface area contributed by atoms with Crippen LogP contribution in [0.15, 0.2) is 21.9 Å². The minimum atomic E-state index is -1.55. The Bertz CT molecular complexity index is 566. The molecule has 106 valence electrons. The fraction of sp³-hybridized carbons (Fsp3) is 0.600. The van der Waals surface area contributed by atoms with Crippen LogP contribution in [0.25, 0.3) is 0 Å². The number of halogens is 1. The maximum atomic E-state index is 11.6. The quantitative estimate of drug-likeness (QED) is 0.467. The molecule has 1 fully saturated rings. The second-order valence-electron chi connectivity index (χ2n) is 4.32. The van der Waals surface area contributed by atoms with Crippen LogP contribution in [-0.2, 0) is 4.74 Å². The lowest BCUT2D eigenvalue weighted by atomic mass is 9.98. The molecular weight excluding hydrogens is 280 g/mol. The minimum Gasteiger partial charge on any atom is -0.393 e. The second kappa shape index (κ2) is 5.06. The first-order chi connectivity index (χ1) is 8.95. The number of aromatic amines is 1. The van der Waals surface area contributed by atoms with E-state index < -0.39 is 41.9 Å². The minimum absolute atomic E-state index is 0.268. The van der Waals surface area contributed by atoms with Gasteiger partial charge in [0.1, 0.15) is 17.8 Å². The number of hydrogen-bond acceptors (Lipinski definition) is 6. The van der Waals surface area contributed by atoms with Gasteiger partial charge in [-0.15, -0.1) is 11.6 Å². The number of aliphatic hydroxyl groups excluding tert-OH is 3. The van der Waals surface area contributed by atoms with Crippen LogP contribution in [0.3, 0.4) is 0 Å². The van der Waals surface area contributed by atoms with Crippen molar-refractivity contribution in [1.29, 1.82) is 0 Å². The highest BCUT2D eigenvalue weighted by atomic mass is 35.5. The number of aromatic nitrogens is 2. The normalized spacial score (nSPS) is 34.6. The molecule has 0 amide bonds. The van der Waals surface area contributed by atoms with Gasteiger partial charge in [-0.3, -0.25) is 14.3 Å². The SMILES string of the molecule is O=c1ccn([C@@H]2O[C@@](CO)(CCl)[C@@H](O)[C@@H]2O)c(=O)[nH]1. The fourth-order valence-electron chi connectivity index (χ4n) is 1.98. The standard InChI is InChI=1S/C10H13ClN2O6/c11-3-10(4-14)7(17)6(16)8(19-10)13-2-1-5(15)12-9(13)18/h1-2,6-8,14,16-17H,3-4H2,(H,12,15,18)/t6-,7-,8+,10+/m0/s1. The molecule has 1 aliphatic heterocycles. The van der Waals surface area contributed by atoms with Crippen molar-refractivity contribution in [2.24, 2.45) is 0 Å². The van der Waals surface area contributed by atoms with E-state index in [-0.39, 0.29) is 5.88 Å². The van der Waals surface area contributed by atoms with Crippen LogP contribution >= 0.6 is 11.6 Å². The van der Waals surface area contributed by atoms with Gasteiger partial charge in [0, 0.05) is 12.3 Å². The average Bonchev–Trinajstić information content (AvgIpc) is 2.64. The van der Waals surface area contributed by atoms with Gasteiger partial charge < -0.3 is 20.1 Å². The van der Waals surface area contributed by atoms with Crippen molar-refractivity contribution < 1.29 is 20.1 Å². The van der Waals surface area contributed by atoms with Crippen molar-refractivity contribution in [3.05, 3.63) is 33.1 Å². The van der Waals surface area contributed by atoms with Gasteiger partial charge in [0.25, 0.3) is 5.56 Å². The number of rotatable bonds is 3. The Labute approximate surface area is 111 Å². The Morgan fingerprint density at radius 2 is 2.16 bits per heavy atom. The molecule has 1 saturated heterocycles. The maximum Gasteiger partial charge on any atom is 0.330 e. The topological polar surface area (TPSA) is 125 Å². The summed E-state index contributed by atoms with van der Waals surface area (Å²) in [5, 5.41) is 29.0. The fourth-order valence-corrected chi connectivity index (χ4v) is 2.29. The Morgan fingerprint density at radius 3 is 2.63 bits per heavy atom. The summed E-state index contributed by atoms with van der Waals surface area (Å²) in [5.41, 5.74) is -2.95. The molecule has 1 aromatic rings. The van der Waals surface area contributed by atoms with E-state index in [2.05, 4.69) is 0 Å². The third-order valence-electron chi connectivity index (χ3n) is 3.13. The molecule has 8 nitrogen and oxygen atoms in total. The van der Waals surface area contributed by atoms with Crippen LogP contribution in [-0.4, -0.2) is 55.2 Å². The van der Waals surface area contributed by atoms with E-state index in [0.717, 1.165) is 16.8 Å². The Balaban J connectivity index is 2.42. The van der Waals surface area contributed by atoms with Crippen LogP contribution in [0.4, 0.5) is 0 Å². The van der Waals surface area contributed by atoms with Gasteiger partial charge in [0.05, 0.1) is 12.5 Å². The molecule has 1 aliphatic rings. The predicted molar refractivity (Wildman–Crippen MR) is 64.0 cm³/mol. The number of nitrogens with one attached hydrogen (secondary N) is 1. The van der Waals surface area contributed by atoms with Gasteiger partial charge in [-0.25, -0.2) is 4.79 Å². The average molecular weight is 293 g/mol. The number of ether oxygens (including phenoxy) is 1. The zero-order chi connectivity index (χ0) is 14.2. The number of hydrogen-bond donors (Lipinski definition) is 4. The second-order valence-corrected chi connectivity index (χ2v) is 4.59. The number of nitrogens with zero attached hydrogens (tertiary/aromatic N) is 1. The van der Waals surface area contributed by atoms with E-state index in [9.17, 15) is 24.9 Å². The van der Waals surface area contributed by atoms with Crippen LogP contribution in [0.2, 0.25) is 0 Å². The summed E-state index contributed by atoms with van der Waals surface area (Å²) in [6, 6.07) is 1.07. The van der Waals surface area contributed by atoms with Gasteiger partial charge >= 0.3 is 5.69 Å². The highest BCUT2D eigenvalue weighted by molar-refractivity contribution is 6.18. The van der Waals surface area contributed by atoms with E-state index in [1.165, 1.54) is 0 Å². The molecule has 0 aliphatic carbocycles. The molecule has 0 bridgehead atoms. The van der Waals surface area contributed by atoms with E-state index in [4.69, 9.17) is 16.3 Å². The molecule has 2 heterocycles. The van der Waals surface area contributed by atoms with Crippen molar-refractivity contribution >= 4 is 11.6 Å². The molecule has 0 unspecified atom stereocenters. The van der Waals surface area contributed by atoms with E-state index in [1.54, 1.807) is 0 Å². The van der Waals surface area contributed by atoms with E-state index in [0.29, 0.717) is 0 Å². The van der Waals surface area contributed by atoms with Crippen LogP contribution in [0.1, 0.15) is 6.23 Å². The molecule has 4 atom stereocenters. The Kier molecular flexibility index (Phi) is 3.79. The van der Waals surface area contributed by atoms with E-state index in [1.807, 2.05) is 4.98 Å². The number of alkyl halides is 1. The Morgan fingerprint density at radius 1 is 1.47 bits per heavy atom. The first-order valence-corrected chi connectivity index (χ1v) is 6.01. The summed E-state index contributed by atoms with van der Waals surface area (Å²) in [6.45, 7) is -0.622. The smallest absolute Gasteiger partial charge is 0.330 e. The summed E-state index contributed by atoms with van der Waals surface area (Å²) in [5.74, 6) is -0.268.